The van der Waals surface area contributed by atoms with Crippen molar-refractivity contribution in [3.63, 3.8) is 0 Å². The van der Waals surface area contributed by atoms with Gasteiger partial charge in [0.1, 0.15) is 5.78 Å². The molecule has 3 nitrogen and oxygen atoms in total. The Morgan fingerprint density at radius 2 is 2.05 bits per heavy atom. The summed E-state index contributed by atoms with van der Waals surface area (Å²) < 4.78 is 0. The normalized spacial score (nSPS) is 33.5. The van der Waals surface area contributed by atoms with Gasteiger partial charge in [0.15, 0.2) is 0 Å². The molecule has 0 radical (unpaired) electrons. The smallest absolute Gasteiger partial charge is 0.137 e. The zero-order chi connectivity index (χ0) is 14.5. The molecule has 0 aromatic rings. The average Bonchev–Trinajstić information content (AvgIpc) is 2.43. The molecule has 0 aromatic heterocycles. The number of rotatable bonds is 5. The van der Waals surface area contributed by atoms with Crippen molar-refractivity contribution in [3.05, 3.63) is 0 Å². The van der Waals surface area contributed by atoms with Gasteiger partial charge < -0.3 is 0 Å². The molecule has 1 aliphatic heterocycles. The van der Waals surface area contributed by atoms with Gasteiger partial charge in [0.25, 0.3) is 0 Å². The molecule has 2 aliphatic rings. The quantitative estimate of drug-likeness (QED) is 0.773. The Morgan fingerprint density at radius 1 is 1.25 bits per heavy atom. The first-order chi connectivity index (χ1) is 9.63. The highest BCUT2D eigenvalue weighted by atomic mass is 16.1. The molecule has 1 saturated carbocycles. The van der Waals surface area contributed by atoms with E-state index in [1.807, 2.05) is 0 Å². The largest absolute Gasteiger partial charge is 0.300 e. The van der Waals surface area contributed by atoms with Crippen LogP contribution in [0.15, 0.2) is 0 Å². The number of carbonyl (C=O) groups excluding carboxylic acids is 1. The van der Waals surface area contributed by atoms with Crippen LogP contribution >= 0.6 is 0 Å². The zero-order valence-electron chi connectivity index (χ0n) is 13.6. The Hall–Kier alpha value is -0.410. The Balaban J connectivity index is 1.84. The first-order valence-electron chi connectivity index (χ1n) is 8.63. The van der Waals surface area contributed by atoms with Crippen molar-refractivity contribution in [2.45, 2.75) is 58.9 Å². The third-order valence-corrected chi connectivity index (χ3v) is 5.30. The van der Waals surface area contributed by atoms with Gasteiger partial charge in [-0.3, -0.25) is 14.6 Å². The van der Waals surface area contributed by atoms with Crippen LogP contribution in [-0.2, 0) is 4.79 Å². The lowest BCUT2D eigenvalue weighted by Gasteiger charge is -2.41. The number of piperazine rings is 1. The van der Waals surface area contributed by atoms with E-state index < -0.39 is 0 Å². The van der Waals surface area contributed by atoms with E-state index in [0.717, 1.165) is 57.9 Å². The van der Waals surface area contributed by atoms with E-state index in [4.69, 9.17) is 0 Å². The monoisotopic (exact) mass is 280 g/mol. The molecule has 2 rings (SSSR count). The topological polar surface area (TPSA) is 23.6 Å². The highest BCUT2D eigenvalue weighted by molar-refractivity contribution is 5.81. The van der Waals surface area contributed by atoms with Crippen molar-refractivity contribution in [1.82, 2.24) is 9.80 Å². The number of hydrogen-bond acceptors (Lipinski definition) is 3. The van der Waals surface area contributed by atoms with Crippen LogP contribution < -0.4 is 0 Å². The summed E-state index contributed by atoms with van der Waals surface area (Å²) in [5.41, 5.74) is 0. The molecule has 1 saturated heterocycles. The Bertz CT molecular complexity index is 318. The molecule has 116 valence electrons. The van der Waals surface area contributed by atoms with E-state index in [2.05, 4.69) is 30.6 Å². The molecular weight excluding hydrogens is 248 g/mol. The third-order valence-electron chi connectivity index (χ3n) is 5.30. The summed E-state index contributed by atoms with van der Waals surface area (Å²) in [6.45, 7) is 12.4. The van der Waals surface area contributed by atoms with Gasteiger partial charge in [0, 0.05) is 44.6 Å². The van der Waals surface area contributed by atoms with E-state index in [9.17, 15) is 4.79 Å². The molecule has 0 aromatic carbocycles. The Labute approximate surface area is 124 Å². The van der Waals surface area contributed by atoms with Gasteiger partial charge in [-0.1, -0.05) is 26.7 Å². The van der Waals surface area contributed by atoms with Gasteiger partial charge in [-0.15, -0.1) is 0 Å². The predicted octanol–water partition coefficient (Wildman–Crippen LogP) is 2.80. The molecule has 1 aliphatic carbocycles. The van der Waals surface area contributed by atoms with Crippen molar-refractivity contribution in [2.24, 2.45) is 11.8 Å². The maximum Gasteiger partial charge on any atom is 0.137 e. The summed E-state index contributed by atoms with van der Waals surface area (Å²) in [5.74, 6) is 1.65. The lowest BCUT2D eigenvalue weighted by atomic mass is 9.78. The predicted molar refractivity (Wildman–Crippen MR) is 83.9 cm³/mol. The molecule has 0 N–H and O–H groups in total. The van der Waals surface area contributed by atoms with E-state index in [1.165, 1.54) is 12.8 Å². The van der Waals surface area contributed by atoms with Gasteiger partial charge in [-0.05, 0) is 32.2 Å². The highest BCUT2D eigenvalue weighted by Crippen LogP contribution is 2.30. The van der Waals surface area contributed by atoms with Crippen LogP contribution in [0.2, 0.25) is 0 Å². The second kappa shape index (κ2) is 7.56. The van der Waals surface area contributed by atoms with E-state index in [-0.39, 0.29) is 0 Å². The van der Waals surface area contributed by atoms with E-state index >= 15 is 0 Å². The van der Waals surface area contributed by atoms with Crippen molar-refractivity contribution < 1.29 is 4.79 Å². The van der Waals surface area contributed by atoms with Crippen LogP contribution in [0.5, 0.6) is 0 Å². The highest BCUT2D eigenvalue weighted by Gasteiger charge is 2.31. The molecule has 1 heterocycles. The standard InChI is InChI=1S/C17H32N2O/c1-4-6-15-7-8-17(20)16(11-15)13-18-9-10-19(5-2)14(3)12-18/h14-16H,4-13H2,1-3H3. The molecule has 20 heavy (non-hydrogen) atoms. The van der Waals surface area contributed by atoms with Gasteiger partial charge in [-0.2, -0.15) is 0 Å². The third kappa shape index (κ3) is 4.05. The molecule has 3 atom stereocenters. The number of ketones is 1. The van der Waals surface area contributed by atoms with Crippen molar-refractivity contribution in [2.75, 3.05) is 32.7 Å². The van der Waals surface area contributed by atoms with Crippen molar-refractivity contribution in [1.29, 1.82) is 0 Å². The van der Waals surface area contributed by atoms with Gasteiger partial charge in [0.05, 0.1) is 0 Å². The van der Waals surface area contributed by atoms with Gasteiger partial charge >= 0.3 is 0 Å². The molecule has 3 unspecified atom stereocenters. The maximum absolute atomic E-state index is 12.2. The summed E-state index contributed by atoms with van der Waals surface area (Å²) in [5, 5.41) is 0. The number of carbonyl (C=O) groups is 1. The minimum atomic E-state index is 0.320. The number of Topliss-reactive ketones (excluding diaryl/α,β-unsaturated/α-hetero) is 1. The fourth-order valence-corrected chi connectivity index (χ4v) is 4.07. The lowest BCUT2D eigenvalue weighted by Crippen LogP contribution is -2.53. The van der Waals surface area contributed by atoms with Crippen LogP contribution in [0.4, 0.5) is 0 Å². The van der Waals surface area contributed by atoms with E-state index in [1.54, 1.807) is 0 Å². The molecule has 2 fully saturated rings. The zero-order valence-corrected chi connectivity index (χ0v) is 13.6. The Morgan fingerprint density at radius 3 is 2.70 bits per heavy atom. The number of nitrogens with zero attached hydrogens (tertiary/aromatic N) is 2. The molecular formula is C17H32N2O. The first-order valence-corrected chi connectivity index (χ1v) is 8.63. The van der Waals surface area contributed by atoms with Gasteiger partial charge in [0.2, 0.25) is 0 Å². The van der Waals surface area contributed by atoms with Crippen molar-refractivity contribution in [3.8, 4) is 0 Å². The molecule has 0 spiro atoms. The van der Waals surface area contributed by atoms with Crippen LogP contribution in [0.25, 0.3) is 0 Å². The average molecular weight is 280 g/mol. The minimum absolute atomic E-state index is 0.320. The lowest BCUT2D eigenvalue weighted by molar-refractivity contribution is -0.126. The first kappa shape index (κ1) is 16.0. The summed E-state index contributed by atoms with van der Waals surface area (Å²) in [7, 11) is 0. The molecule has 0 bridgehead atoms. The Kier molecular flexibility index (Phi) is 6.03. The summed E-state index contributed by atoms with van der Waals surface area (Å²) in [4.78, 5) is 17.3. The second-order valence-corrected chi connectivity index (χ2v) is 6.83. The van der Waals surface area contributed by atoms with Crippen molar-refractivity contribution >= 4 is 5.78 Å². The van der Waals surface area contributed by atoms with Crippen LogP contribution in [0, 0.1) is 11.8 Å². The molecule has 3 heteroatoms. The number of likely N-dealkylation sites (N-methyl/N-ethyl adjacent to an activating group) is 1. The van der Waals surface area contributed by atoms with Crippen LogP contribution in [0.3, 0.4) is 0 Å². The van der Waals surface area contributed by atoms with Crippen LogP contribution in [-0.4, -0.2) is 54.3 Å². The summed E-state index contributed by atoms with van der Waals surface area (Å²) >= 11 is 0. The second-order valence-electron chi connectivity index (χ2n) is 6.83. The fourth-order valence-electron chi connectivity index (χ4n) is 4.07. The van der Waals surface area contributed by atoms with Gasteiger partial charge in [-0.25, -0.2) is 0 Å². The SMILES string of the molecule is CCCC1CCC(=O)C(CN2CCN(CC)C(C)C2)C1. The van der Waals surface area contributed by atoms with Crippen LogP contribution in [0.1, 0.15) is 52.9 Å². The minimum Gasteiger partial charge on any atom is -0.300 e. The summed E-state index contributed by atoms with van der Waals surface area (Å²) in [6, 6.07) is 0.638. The summed E-state index contributed by atoms with van der Waals surface area (Å²) in [6.07, 6.45) is 5.69. The maximum atomic E-state index is 12.2. The molecule has 0 amide bonds. The number of hydrogen-bond donors (Lipinski definition) is 0. The fraction of sp³-hybridized carbons (Fsp3) is 0.941. The van der Waals surface area contributed by atoms with E-state index in [0.29, 0.717) is 17.7 Å².